The van der Waals surface area contributed by atoms with E-state index in [-0.39, 0.29) is 54.4 Å². The van der Waals surface area contributed by atoms with Gasteiger partial charge in [-0.1, -0.05) is 6.92 Å². The zero-order valence-corrected chi connectivity index (χ0v) is 28.2. The third-order valence-electron chi connectivity index (χ3n) is 10.1. The number of anilines is 1. The number of hydrogen-bond donors (Lipinski definition) is 1. The molecule has 0 radical (unpaired) electrons. The maximum Gasteiger partial charge on any atom is 0.258 e. The minimum absolute atomic E-state index is 0.0425. The fourth-order valence-electron chi connectivity index (χ4n) is 7.42. The van der Waals surface area contributed by atoms with Crippen LogP contribution in [0.5, 0.6) is 11.5 Å². The summed E-state index contributed by atoms with van der Waals surface area (Å²) in [6.45, 7) is 10.4. The molecule has 258 valence electrons. The Bertz CT molecular complexity index is 1520. The SMILES string of the molecule is CCNS(=O)(=O)[C@@H]1CC[C@@H](CN2CCC3(CC2)CN(c2ncncc2Oc2ccc(F)cc2C(=O)N(C(C)C)C2CC(F)C2)C3)OC1. The Balaban J connectivity index is 1.05. The predicted molar refractivity (Wildman–Crippen MR) is 173 cm³/mol. The highest BCUT2D eigenvalue weighted by atomic mass is 32.2. The van der Waals surface area contributed by atoms with Crippen molar-refractivity contribution < 1.29 is 31.5 Å². The van der Waals surface area contributed by atoms with Gasteiger partial charge in [0.15, 0.2) is 11.6 Å². The summed E-state index contributed by atoms with van der Waals surface area (Å²) in [5.74, 6) is 0.254. The van der Waals surface area contributed by atoms with Gasteiger partial charge in [-0.25, -0.2) is 31.9 Å². The van der Waals surface area contributed by atoms with Gasteiger partial charge in [0.05, 0.1) is 29.7 Å². The molecular formula is C33H46F2N6O5S. The van der Waals surface area contributed by atoms with Crippen LogP contribution < -0.4 is 14.4 Å². The van der Waals surface area contributed by atoms with E-state index in [1.165, 1.54) is 24.5 Å². The second kappa shape index (κ2) is 13.9. The van der Waals surface area contributed by atoms with E-state index in [2.05, 4.69) is 24.5 Å². The summed E-state index contributed by atoms with van der Waals surface area (Å²) in [6, 6.07) is 3.45. The van der Waals surface area contributed by atoms with Crippen molar-refractivity contribution in [3.8, 4) is 11.5 Å². The van der Waals surface area contributed by atoms with Gasteiger partial charge in [-0.15, -0.1) is 0 Å². The van der Waals surface area contributed by atoms with Crippen LogP contribution >= 0.6 is 0 Å². The fraction of sp³-hybridized carbons (Fsp3) is 0.667. The van der Waals surface area contributed by atoms with Gasteiger partial charge in [-0.3, -0.25) is 4.79 Å². The third-order valence-corrected chi connectivity index (χ3v) is 12.1. The zero-order valence-electron chi connectivity index (χ0n) is 27.4. The monoisotopic (exact) mass is 676 g/mol. The Labute approximate surface area is 276 Å². The highest BCUT2D eigenvalue weighted by molar-refractivity contribution is 7.90. The summed E-state index contributed by atoms with van der Waals surface area (Å²) in [5, 5.41) is -0.484. The summed E-state index contributed by atoms with van der Waals surface area (Å²) in [7, 11) is -3.32. The van der Waals surface area contributed by atoms with Gasteiger partial charge < -0.3 is 24.2 Å². The summed E-state index contributed by atoms with van der Waals surface area (Å²) in [4.78, 5) is 28.6. The fourth-order valence-corrected chi connectivity index (χ4v) is 8.77. The number of alkyl halides is 1. The number of benzene rings is 1. The van der Waals surface area contributed by atoms with Gasteiger partial charge in [0.25, 0.3) is 5.91 Å². The molecule has 11 nitrogen and oxygen atoms in total. The van der Waals surface area contributed by atoms with Gasteiger partial charge in [0.1, 0.15) is 24.1 Å². The number of nitrogens with zero attached hydrogens (tertiary/aromatic N) is 5. The first kappa shape index (κ1) is 33.9. The van der Waals surface area contributed by atoms with Crippen molar-refractivity contribution in [1.82, 2.24) is 24.5 Å². The quantitative estimate of drug-likeness (QED) is 0.375. The van der Waals surface area contributed by atoms with Crippen molar-refractivity contribution in [1.29, 1.82) is 0 Å². The largest absolute Gasteiger partial charge is 0.451 e. The molecule has 1 aromatic carbocycles. The number of rotatable bonds is 11. The Morgan fingerprint density at radius 2 is 1.94 bits per heavy atom. The van der Waals surface area contributed by atoms with E-state index in [1.54, 1.807) is 18.0 Å². The number of nitrogens with one attached hydrogen (secondary N) is 1. The minimum Gasteiger partial charge on any atom is -0.451 e. The molecular weight excluding hydrogens is 630 g/mol. The van der Waals surface area contributed by atoms with Crippen LogP contribution in [0, 0.1) is 11.2 Å². The van der Waals surface area contributed by atoms with Crippen LogP contribution in [0.4, 0.5) is 14.6 Å². The minimum atomic E-state index is -3.32. The number of hydrogen-bond acceptors (Lipinski definition) is 9. The first-order chi connectivity index (χ1) is 22.5. The molecule has 2 atom stereocenters. The molecule has 47 heavy (non-hydrogen) atoms. The summed E-state index contributed by atoms with van der Waals surface area (Å²) in [5.41, 5.74) is 0.239. The number of carbonyl (C=O) groups is 1. The molecule has 1 amide bonds. The lowest BCUT2D eigenvalue weighted by molar-refractivity contribution is -0.0194. The van der Waals surface area contributed by atoms with E-state index < -0.39 is 33.2 Å². The number of amides is 1. The summed E-state index contributed by atoms with van der Waals surface area (Å²) < 4.78 is 67.6. The lowest BCUT2D eigenvalue weighted by atomic mass is 9.72. The predicted octanol–water partition coefficient (Wildman–Crippen LogP) is 4.15. The molecule has 1 aromatic heterocycles. The number of sulfonamides is 1. The number of ether oxygens (including phenoxy) is 2. The normalized spacial score (nSPS) is 26.1. The molecule has 6 rings (SSSR count). The van der Waals surface area contributed by atoms with Crippen LogP contribution in [0.2, 0.25) is 0 Å². The second-order valence-corrected chi connectivity index (χ2v) is 15.9. The van der Waals surface area contributed by atoms with Crippen molar-refractivity contribution in [2.24, 2.45) is 5.41 Å². The average molecular weight is 677 g/mol. The zero-order chi connectivity index (χ0) is 33.3. The standard InChI is InChI=1S/C33H46F2N6O5S/c1-4-38-47(43,44)27-7-6-26(45-18-27)17-39-11-9-33(10-12-39)19-40(20-33)31-30(16-36-21-37-31)46-29-8-5-23(34)15-28(29)32(42)41(22(2)3)25-13-24(35)14-25/h5,8,15-16,21-22,24-27,38H,4,6-7,9-14,17-20H2,1-3H3/t24?,25?,26-,27+/m0/s1. The van der Waals surface area contributed by atoms with Crippen LogP contribution in [0.15, 0.2) is 30.7 Å². The molecule has 14 heteroatoms. The molecule has 4 heterocycles. The third kappa shape index (κ3) is 7.40. The maximum absolute atomic E-state index is 14.4. The first-order valence-electron chi connectivity index (χ1n) is 16.8. The van der Waals surface area contributed by atoms with Gasteiger partial charge >= 0.3 is 0 Å². The van der Waals surface area contributed by atoms with Crippen LogP contribution in [-0.4, -0.2) is 110 Å². The topological polar surface area (TPSA) is 117 Å². The molecule has 4 aliphatic rings. The Morgan fingerprint density at radius 1 is 1.19 bits per heavy atom. The molecule has 3 aliphatic heterocycles. The van der Waals surface area contributed by atoms with Crippen molar-refractivity contribution in [3.05, 3.63) is 42.1 Å². The number of piperidine rings is 1. The first-order valence-corrected chi connectivity index (χ1v) is 18.3. The van der Waals surface area contributed by atoms with Crippen molar-refractivity contribution in [3.63, 3.8) is 0 Å². The maximum atomic E-state index is 14.4. The molecule has 4 fully saturated rings. The summed E-state index contributed by atoms with van der Waals surface area (Å²) in [6.07, 6.45) is 6.09. The van der Waals surface area contributed by atoms with E-state index in [9.17, 15) is 22.0 Å². The average Bonchev–Trinajstić information content (AvgIpc) is 3.01. The highest BCUT2D eigenvalue weighted by Crippen LogP contribution is 2.45. The molecule has 1 spiro atoms. The van der Waals surface area contributed by atoms with Crippen LogP contribution in [0.1, 0.15) is 69.7 Å². The Kier molecular flexibility index (Phi) is 10.0. The Hall–Kier alpha value is -2.94. The van der Waals surface area contributed by atoms with Crippen LogP contribution in [0.25, 0.3) is 0 Å². The molecule has 3 saturated heterocycles. The molecule has 0 unspecified atom stereocenters. The van der Waals surface area contributed by atoms with Gasteiger partial charge in [-0.2, -0.15) is 0 Å². The Morgan fingerprint density at radius 3 is 2.57 bits per heavy atom. The van der Waals surface area contributed by atoms with Gasteiger partial charge in [-0.05, 0) is 83.7 Å². The van der Waals surface area contributed by atoms with Crippen molar-refractivity contribution in [2.45, 2.75) is 88.9 Å². The van der Waals surface area contributed by atoms with E-state index >= 15 is 0 Å². The van der Waals surface area contributed by atoms with E-state index in [0.717, 1.165) is 52.0 Å². The second-order valence-electron chi connectivity index (χ2n) is 13.8. The number of aromatic nitrogens is 2. The van der Waals surface area contributed by atoms with Crippen molar-refractivity contribution >= 4 is 21.7 Å². The highest BCUT2D eigenvalue weighted by Gasteiger charge is 2.46. The smallest absolute Gasteiger partial charge is 0.258 e. The molecule has 1 aliphatic carbocycles. The van der Waals surface area contributed by atoms with Crippen LogP contribution in [0.3, 0.4) is 0 Å². The molecule has 1 N–H and O–H groups in total. The van der Waals surface area contributed by atoms with Gasteiger partial charge in [0.2, 0.25) is 10.0 Å². The van der Waals surface area contributed by atoms with E-state index in [4.69, 9.17) is 9.47 Å². The molecule has 0 bridgehead atoms. The lowest BCUT2D eigenvalue weighted by Crippen LogP contribution is -2.61. The summed E-state index contributed by atoms with van der Waals surface area (Å²) >= 11 is 0. The molecule has 2 aromatic rings. The van der Waals surface area contributed by atoms with E-state index in [0.29, 0.717) is 24.5 Å². The lowest BCUT2D eigenvalue weighted by Gasteiger charge is -2.54. The van der Waals surface area contributed by atoms with Gasteiger partial charge in [0, 0.05) is 43.7 Å². The number of carbonyl (C=O) groups excluding carboxylic acids is 1. The molecule has 1 saturated carbocycles. The van der Waals surface area contributed by atoms with Crippen molar-refractivity contribution in [2.75, 3.05) is 50.8 Å². The van der Waals surface area contributed by atoms with Crippen LogP contribution in [-0.2, 0) is 14.8 Å². The number of likely N-dealkylation sites (tertiary alicyclic amines) is 1. The van der Waals surface area contributed by atoms with E-state index in [1.807, 2.05) is 13.8 Å². The number of halogens is 2.